The molecule has 2 atom stereocenters. The Hall–Kier alpha value is -1.19. The summed E-state index contributed by atoms with van der Waals surface area (Å²) in [5.74, 6) is 0.531. The number of ketones is 1. The minimum absolute atomic E-state index is 0.112. The highest BCUT2D eigenvalue weighted by molar-refractivity contribution is 5.94. The van der Waals surface area contributed by atoms with Gasteiger partial charge in [0.1, 0.15) is 0 Å². The molecular weight excluding hydrogens is 200 g/mol. The number of carbonyl (C=O) groups is 1. The first-order chi connectivity index (χ1) is 7.68. The largest absolute Gasteiger partial charge is 0.326 e. The van der Waals surface area contributed by atoms with Gasteiger partial charge in [-0.15, -0.1) is 0 Å². The smallest absolute Gasteiger partial charge is 0.159 e. The van der Waals surface area contributed by atoms with E-state index in [0.29, 0.717) is 5.92 Å². The van der Waals surface area contributed by atoms with Crippen LogP contribution in [0.3, 0.4) is 0 Å². The monoisotopic (exact) mass is 218 g/mol. The average molecular weight is 218 g/mol. The van der Waals surface area contributed by atoms with Crippen LogP contribution in [0.15, 0.2) is 24.3 Å². The molecule has 0 aromatic heterocycles. The molecule has 1 saturated heterocycles. The summed E-state index contributed by atoms with van der Waals surface area (Å²) in [4.78, 5) is 11.2. The zero-order chi connectivity index (χ0) is 11.5. The molecule has 3 heteroatoms. The minimum atomic E-state index is 0.112. The highest BCUT2D eigenvalue weighted by Crippen LogP contribution is 2.24. The molecular formula is C13H18N2O. The van der Waals surface area contributed by atoms with Gasteiger partial charge in [-0.25, -0.2) is 0 Å². The number of carbonyl (C=O) groups excluding carboxylic acids is 1. The molecule has 0 aliphatic carbocycles. The first-order valence-electron chi connectivity index (χ1n) is 5.75. The molecule has 3 nitrogen and oxygen atoms in total. The lowest BCUT2D eigenvalue weighted by Crippen LogP contribution is -2.44. The van der Waals surface area contributed by atoms with Crippen LogP contribution in [0.25, 0.3) is 0 Å². The lowest BCUT2D eigenvalue weighted by atomic mass is 9.86. The third-order valence-corrected chi connectivity index (χ3v) is 3.27. The van der Waals surface area contributed by atoms with Crippen LogP contribution in [0.2, 0.25) is 0 Å². The fourth-order valence-electron chi connectivity index (χ4n) is 2.26. The molecule has 0 amide bonds. The molecule has 1 heterocycles. The predicted octanol–water partition coefficient (Wildman–Crippen LogP) is 1.29. The van der Waals surface area contributed by atoms with Crippen molar-refractivity contribution < 1.29 is 4.79 Å². The van der Waals surface area contributed by atoms with Gasteiger partial charge in [0.15, 0.2) is 5.78 Å². The van der Waals surface area contributed by atoms with Gasteiger partial charge >= 0.3 is 0 Å². The number of benzene rings is 1. The third-order valence-electron chi connectivity index (χ3n) is 3.27. The maximum atomic E-state index is 11.2. The molecule has 2 unspecified atom stereocenters. The molecule has 0 spiro atoms. The zero-order valence-corrected chi connectivity index (χ0v) is 9.57. The quantitative estimate of drug-likeness (QED) is 0.735. The Balaban J connectivity index is 2.17. The Morgan fingerprint density at radius 1 is 1.38 bits per heavy atom. The van der Waals surface area contributed by atoms with Crippen LogP contribution in [0.5, 0.6) is 0 Å². The van der Waals surface area contributed by atoms with E-state index in [1.165, 1.54) is 5.56 Å². The van der Waals surface area contributed by atoms with Gasteiger partial charge in [-0.05, 0) is 25.5 Å². The first-order valence-corrected chi connectivity index (χ1v) is 5.75. The molecule has 1 aromatic carbocycles. The fourth-order valence-corrected chi connectivity index (χ4v) is 2.26. The van der Waals surface area contributed by atoms with Crippen LogP contribution in [-0.4, -0.2) is 24.9 Å². The SMILES string of the molecule is CC(=O)c1ccc(C2CCNCC2N)cc1. The lowest BCUT2D eigenvalue weighted by molar-refractivity contribution is 0.101. The Labute approximate surface area is 96.0 Å². The second-order valence-corrected chi connectivity index (χ2v) is 4.44. The summed E-state index contributed by atoms with van der Waals surface area (Å²) >= 11 is 0. The van der Waals surface area contributed by atoms with E-state index in [4.69, 9.17) is 5.73 Å². The van der Waals surface area contributed by atoms with E-state index in [1.807, 2.05) is 24.3 Å². The van der Waals surface area contributed by atoms with Crippen molar-refractivity contribution in [1.82, 2.24) is 5.32 Å². The fraction of sp³-hybridized carbons (Fsp3) is 0.462. The summed E-state index contributed by atoms with van der Waals surface area (Å²) in [5.41, 5.74) is 8.10. The second kappa shape index (κ2) is 4.76. The van der Waals surface area contributed by atoms with E-state index in [1.54, 1.807) is 6.92 Å². The number of piperidine rings is 1. The normalized spacial score (nSPS) is 25.4. The topological polar surface area (TPSA) is 55.1 Å². The minimum Gasteiger partial charge on any atom is -0.326 e. The molecule has 86 valence electrons. The highest BCUT2D eigenvalue weighted by atomic mass is 16.1. The summed E-state index contributed by atoms with van der Waals surface area (Å²) in [7, 11) is 0. The van der Waals surface area contributed by atoms with E-state index >= 15 is 0 Å². The van der Waals surface area contributed by atoms with E-state index in [-0.39, 0.29) is 11.8 Å². The molecule has 2 rings (SSSR count). The molecule has 16 heavy (non-hydrogen) atoms. The molecule has 0 saturated carbocycles. The van der Waals surface area contributed by atoms with Crippen molar-refractivity contribution in [1.29, 1.82) is 0 Å². The summed E-state index contributed by atoms with van der Waals surface area (Å²) in [5, 5.41) is 3.28. The predicted molar refractivity (Wildman–Crippen MR) is 64.6 cm³/mol. The van der Waals surface area contributed by atoms with E-state index in [0.717, 1.165) is 25.1 Å². The van der Waals surface area contributed by atoms with Gasteiger partial charge in [-0.3, -0.25) is 4.79 Å². The average Bonchev–Trinajstić information content (AvgIpc) is 2.30. The second-order valence-electron chi connectivity index (χ2n) is 4.44. The van der Waals surface area contributed by atoms with Gasteiger partial charge in [-0.2, -0.15) is 0 Å². The van der Waals surface area contributed by atoms with Crippen LogP contribution in [0, 0.1) is 0 Å². The number of hydrogen-bond acceptors (Lipinski definition) is 3. The van der Waals surface area contributed by atoms with Crippen molar-refractivity contribution in [3.05, 3.63) is 35.4 Å². The van der Waals surface area contributed by atoms with Crippen LogP contribution >= 0.6 is 0 Å². The summed E-state index contributed by atoms with van der Waals surface area (Å²) in [6, 6.07) is 8.04. The van der Waals surface area contributed by atoms with Crippen LogP contribution < -0.4 is 11.1 Å². The number of Topliss-reactive ketones (excluding diaryl/α,β-unsaturated/α-hetero) is 1. The molecule has 1 aliphatic heterocycles. The summed E-state index contributed by atoms with van der Waals surface area (Å²) < 4.78 is 0. The van der Waals surface area contributed by atoms with Gasteiger partial charge in [0.25, 0.3) is 0 Å². The van der Waals surface area contributed by atoms with Crippen LogP contribution in [0.1, 0.15) is 35.2 Å². The number of hydrogen-bond donors (Lipinski definition) is 2. The van der Waals surface area contributed by atoms with Gasteiger partial charge in [0.05, 0.1) is 0 Å². The Morgan fingerprint density at radius 3 is 2.62 bits per heavy atom. The van der Waals surface area contributed by atoms with Crippen molar-refractivity contribution in [2.24, 2.45) is 5.73 Å². The third kappa shape index (κ3) is 2.31. The van der Waals surface area contributed by atoms with E-state index in [2.05, 4.69) is 5.32 Å². The maximum Gasteiger partial charge on any atom is 0.159 e. The Morgan fingerprint density at radius 2 is 2.06 bits per heavy atom. The molecule has 0 radical (unpaired) electrons. The molecule has 1 aliphatic rings. The lowest BCUT2D eigenvalue weighted by Gasteiger charge is -2.29. The van der Waals surface area contributed by atoms with Gasteiger partial charge in [0, 0.05) is 24.1 Å². The van der Waals surface area contributed by atoms with Crippen molar-refractivity contribution in [2.75, 3.05) is 13.1 Å². The van der Waals surface area contributed by atoms with Crippen LogP contribution in [-0.2, 0) is 0 Å². The first kappa shape index (κ1) is 11.3. The van der Waals surface area contributed by atoms with Gasteiger partial charge in [0.2, 0.25) is 0 Å². The molecule has 1 aromatic rings. The Bertz CT molecular complexity index is 372. The molecule has 0 bridgehead atoms. The van der Waals surface area contributed by atoms with Crippen molar-refractivity contribution in [2.45, 2.75) is 25.3 Å². The molecule has 3 N–H and O–H groups in total. The number of nitrogens with one attached hydrogen (secondary N) is 1. The van der Waals surface area contributed by atoms with E-state index < -0.39 is 0 Å². The number of nitrogens with two attached hydrogens (primary N) is 1. The summed E-state index contributed by atoms with van der Waals surface area (Å²) in [6.07, 6.45) is 1.07. The van der Waals surface area contributed by atoms with Crippen molar-refractivity contribution in [3.63, 3.8) is 0 Å². The maximum absolute atomic E-state index is 11.2. The van der Waals surface area contributed by atoms with Gasteiger partial charge < -0.3 is 11.1 Å². The van der Waals surface area contributed by atoms with Gasteiger partial charge in [-0.1, -0.05) is 24.3 Å². The standard InChI is InChI=1S/C13H18N2O/c1-9(16)10-2-4-11(5-3-10)12-6-7-15-8-13(12)14/h2-5,12-13,15H,6-8,14H2,1H3. The van der Waals surface area contributed by atoms with Crippen LogP contribution in [0.4, 0.5) is 0 Å². The molecule has 1 fully saturated rings. The zero-order valence-electron chi connectivity index (χ0n) is 9.57. The summed E-state index contributed by atoms with van der Waals surface area (Å²) in [6.45, 7) is 3.48. The number of rotatable bonds is 2. The highest BCUT2D eigenvalue weighted by Gasteiger charge is 2.22. The van der Waals surface area contributed by atoms with Crippen molar-refractivity contribution in [3.8, 4) is 0 Å². The van der Waals surface area contributed by atoms with Crippen molar-refractivity contribution >= 4 is 5.78 Å². The Kier molecular flexibility index (Phi) is 3.36. The van der Waals surface area contributed by atoms with E-state index in [9.17, 15) is 4.79 Å².